The number of hydrogen-bond acceptors (Lipinski definition) is 5. The fraction of sp³-hybridized carbons (Fsp3) is 0.312. The van der Waals surface area contributed by atoms with E-state index in [2.05, 4.69) is 27.7 Å². The van der Waals surface area contributed by atoms with Crippen LogP contribution >= 0.6 is 11.8 Å². The topological polar surface area (TPSA) is 82.6 Å². The van der Waals surface area contributed by atoms with Crippen LogP contribution < -0.4 is 16.1 Å². The van der Waals surface area contributed by atoms with E-state index in [1.807, 2.05) is 32.0 Å². The van der Waals surface area contributed by atoms with Crippen LogP contribution in [0.25, 0.3) is 0 Å². The Bertz CT molecular complexity index is 685. The van der Waals surface area contributed by atoms with Crippen LogP contribution in [0, 0.1) is 13.8 Å². The van der Waals surface area contributed by atoms with Crippen molar-refractivity contribution in [2.24, 2.45) is 5.10 Å². The van der Waals surface area contributed by atoms with E-state index in [4.69, 9.17) is 0 Å². The summed E-state index contributed by atoms with van der Waals surface area (Å²) in [6, 6.07) is 5.72. The Morgan fingerprint density at radius 1 is 1.39 bits per heavy atom. The molecule has 0 aromatic heterocycles. The highest BCUT2D eigenvalue weighted by atomic mass is 32.2. The first-order valence-electron chi connectivity index (χ1n) is 7.19. The second-order valence-corrected chi connectivity index (χ2v) is 6.65. The lowest BCUT2D eigenvalue weighted by Crippen LogP contribution is -2.28. The SMILES string of the molecule is C=C(C)N/N=C1\NC(=O)[C@@H](CC(=O)Nc2ccc(C)c(C)c2)S1. The summed E-state index contributed by atoms with van der Waals surface area (Å²) in [6.07, 6.45) is 0.0928. The summed E-state index contributed by atoms with van der Waals surface area (Å²) in [5, 5.41) is 9.43. The molecule has 1 aliphatic heterocycles. The normalized spacial score (nSPS) is 18.7. The van der Waals surface area contributed by atoms with Gasteiger partial charge in [-0.05, 0) is 44.0 Å². The second kappa shape index (κ2) is 7.32. The summed E-state index contributed by atoms with van der Waals surface area (Å²) in [7, 11) is 0. The first kappa shape index (κ1) is 17.1. The van der Waals surface area contributed by atoms with Gasteiger partial charge in [0.2, 0.25) is 11.8 Å². The average molecular weight is 332 g/mol. The van der Waals surface area contributed by atoms with Crippen LogP contribution in [-0.2, 0) is 9.59 Å². The number of benzene rings is 1. The maximum absolute atomic E-state index is 12.1. The van der Waals surface area contributed by atoms with E-state index in [-0.39, 0.29) is 18.2 Å². The smallest absolute Gasteiger partial charge is 0.240 e. The Labute approximate surface area is 139 Å². The average Bonchev–Trinajstić information content (AvgIpc) is 2.81. The zero-order valence-electron chi connectivity index (χ0n) is 13.4. The summed E-state index contributed by atoms with van der Waals surface area (Å²) < 4.78 is 0. The van der Waals surface area contributed by atoms with Crippen molar-refractivity contribution < 1.29 is 9.59 Å². The second-order valence-electron chi connectivity index (χ2n) is 5.46. The molecule has 0 bridgehead atoms. The third kappa shape index (κ3) is 4.85. The Morgan fingerprint density at radius 2 is 2.13 bits per heavy atom. The number of nitrogens with one attached hydrogen (secondary N) is 3. The molecular formula is C16H20N4O2S. The van der Waals surface area contributed by atoms with Crippen LogP contribution in [0.2, 0.25) is 0 Å². The van der Waals surface area contributed by atoms with E-state index in [0.29, 0.717) is 10.9 Å². The fourth-order valence-electron chi connectivity index (χ4n) is 1.94. The molecule has 2 rings (SSSR count). The van der Waals surface area contributed by atoms with Gasteiger partial charge >= 0.3 is 0 Å². The van der Waals surface area contributed by atoms with Crippen molar-refractivity contribution in [2.45, 2.75) is 32.4 Å². The molecule has 0 saturated carbocycles. The monoisotopic (exact) mass is 332 g/mol. The largest absolute Gasteiger partial charge is 0.326 e. The van der Waals surface area contributed by atoms with Crippen molar-refractivity contribution in [3.8, 4) is 0 Å². The summed E-state index contributed by atoms with van der Waals surface area (Å²) in [5.74, 6) is -0.414. The van der Waals surface area contributed by atoms with E-state index >= 15 is 0 Å². The highest BCUT2D eigenvalue weighted by Crippen LogP contribution is 2.23. The van der Waals surface area contributed by atoms with Gasteiger partial charge in [0, 0.05) is 17.8 Å². The number of hydrogen-bond donors (Lipinski definition) is 3. The van der Waals surface area contributed by atoms with Crippen LogP contribution in [0.1, 0.15) is 24.5 Å². The number of nitrogens with zero attached hydrogens (tertiary/aromatic N) is 1. The Morgan fingerprint density at radius 3 is 2.78 bits per heavy atom. The van der Waals surface area contributed by atoms with E-state index in [0.717, 1.165) is 11.3 Å². The molecule has 6 nitrogen and oxygen atoms in total. The minimum Gasteiger partial charge on any atom is -0.326 e. The van der Waals surface area contributed by atoms with Crippen molar-refractivity contribution in [2.75, 3.05) is 5.32 Å². The lowest BCUT2D eigenvalue weighted by molar-refractivity contribution is -0.122. The maximum atomic E-state index is 12.1. The van der Waals surface area contributed by atoms with Crippen molar-refractivity contribution in [3.05, 3.63) is 41.6 Å². The molecule has 122 valence electrons. The number of aryl methyl sites for hydroxylation is 2. The molecule has 1 aromatic carbocycles. The number of hydrazone groups is 1. The molecule has 1 aromatic rings. The highest BCUT2D eigenvalue weighted by Gasteiger charge is 2.32. The number of thioether (sulfide) groups is 1. The van der Waals surface area contributed by atoms with E-state index < -0.39 is 5.25 Å². The first-order chi connectivity index (χ1) is 10.8. The van der Waals surface area contributed by atoms with E-state index in [1.54, 1.807) is 6.92 Å². The summed E-state index contributed by atoms with van der Waals surface area (Å²) >= 11 is 1.23. The molecule has 7 heteroatoms. The van der Waals surface area contributed by atoms with Crippen molar-refractivity contribution in [1.29, 1.82) is 0 Å². The molecule has 3 N–H and O–H groups in total. The Kier molecular flexibility index (Phi) is 5.44. The number of rotatable bonds is 5. The molecule has 1 fully saturated rings. The van der Waals surface area contributed by atoms with Gasteiger partial charge in [-0.3, -0.25) is 15.0 Å². The van der Waals surface area contributed by atoms with Gasteiger partial charge in [-0.1, -0.05) is 24.4 Å². The molecular weight excluding hydrogens is 312 g/mol. The zero-order valence-corrected chi connectivity index (χ0v) is 14.2. The van der Waals surface area contributed by atoms with Crippen molar-refractivity contribution in [1.82, 2.24) is 10.7 Å². The minimum atomic E-state index is -0.479. The van der Waals surface area contributed by atoms with E-state index in [9.17, 15) is 9.59 Å². The molecule has 1 atom stereocenters. The third-order valence-corrected chi connectivity index (χ3v) is 4.37. The maximum Gasteiger partial charge on any atom is 0.240 e. The van der Waals surface area contributed by atoms with Crippen molar-refractivity contribution in [3.63, 3.8) is 0 Å². The van der Waals surface area contributed by atoms with Crippen LogP contribution in [0.15, 0.2) is 35.6 Å². The van der Waals surface area contributed by atoms with Gasteiger partial charge in [0.25, 0.3) is 0 Å². The number of amides is 2. The molecule has 1 saturated heterocycles. The summed E-state index contributed by atoms with van der Waals surface area (Å²) in [4.78, 5) is 24.0. The Hall–Kier alpha value is -2.28. The van der Waals surface area contributed by atoms with Crippen LogP contribution in [-0.4, -0.2) is 22.2 Å². The standard InChI is InChI=1S/C16H20N4O2S/c1-9(2)19-20-16-18-15(22)13(23-16)8-14(21)17-12-6-5-10(3)11(4)7-12/h5-7,13,19H,1,8H2,2-4H3,(H,17,21)(H,18,20,22)/t13-/m1/s1. The molecule has 1 heterocycles. The molecule has 0 aliphatic carbocycles. The highest BCUT2D eigenvalue weighted by molar-refractivity contribution is 8.15. The first-order valence-corrected chi connectivity index (χ1v) is 8.07. The number of allylic oxidation sites excluding steroid dienone is 1. The number of amidine groups is 1. The van der Waals surface area contributed by atoms with Crippen LogP contribution in [0.4, 0.5) is 5.69 Å². The Balaban J connectivity index is 1.92. The molecule has 0 spiro atoms. The summed E-state index contributed by atoms with van der Waals surface area (Å²) in [6.45, 7) is 9.43. The third-order valence-electron chi connectivity index (χ3n) is 3.29. The van der Waals surface area contributed by atoms with Gasteiger partial charge in [-0.25, -0.2) is 0 Å². The van der Waals surface area contributed by atoms with E-state index in [1.165, 1.54) is 17.3 Å². The van der Waals surface area contributed by atoms with Crippen LogP contribution in [0.5, 0.6) is 0 Å². The van der Waals surface area contributed by atoms with Gasteiger partial charge in [0.1, 0.15) is 5.25 Å². The van der Waals surface area contributed by atoms with Gasteiger partial charge in [0.05, 0.1) is 0 Å². The van der Waals surface area contributed by atoms with Crippen molar-refractivity contribution >= 4 is 34.4 Å². The molecule has 0 unspecified atom stereocenters. The van der Waals surface area contributed by atoms with Gasteiger partial charge in [0.15, 0.2) is 5.17 Å². The molecule has 2 amide bonds. The van der Waals surface area contributed by atoms with Gasteiger partial charge in [-0.15, -0.1) is 0 Å². The number of carbonyl (C=O) groups excluding carboxylic acids is 2. The predicted molar refractivity (Wildman–Crippen MR) is 94.1 cm³/mol. The number of anilines is 1. The zero-order chi connectivity index (χ0) is 17.0. The molecule has 0 radical (unpaired) electrons. The fourth-order valence-corrected chi connectivity index (χ4v) is 2.87. The predicted octanol–water partition coefficient (Wildman–Crippen LogP) is 2.26. The van der Waals surface area contributed by atoms with Crippen LogP contribution in [0.3, 0.4) is 0 Å². The van der Waals surface area contributed by atoms with Gasteiger partial charge in [-0.2, -0.15) is 5.10 Å². The lowest BCUT2D eigenvalue weighted by atomic mass is 10.1. The van der Waals surface area contributed by atoms with Gasteiger partial charge < -0.3 is 10.6 Å². The summed E-state index contributed by atoms with van der Waals surface area (Å²) in [5.41, 5.74) is 6.37. The number of carbonyl (C=O) groups is 2. The molecule has 1 aliphatic rings. The minimum absolute atomic E-state index is 0.0928. The quantitative estimate of drug-likeness (QED) is 0.722. The molecule has 23 heavy (non-hydrogen) atoms. The lowest BCUT2D eigenvalue weighted by Gasteiger charge is -2.09.